The number of aliphatic hydroxyl groups excluding tert-OH is 1. The van der Waals surface area contributed by atoms with Gasteiger partial charge in [0.05, 0.1) is 12.6 Å². The first kappa shape index (κ1) is 21.8. The van der Waals surface area contributed by atoms with Crippen molar-refractivity contribution >= 4 is 23.7 Å². The molecule has 0 saturated carbocycles. The van der Waals surface area contributed by atoms with Crippen molar-refractivity contribution < 1.29 is 29.4 Å². The highest BCUT2D eigenvalue weighted by molar-refractivity contribution is 5.94. The van der Waals surface area contributed by atoms with Crippen molar-refractivity contribution in [2.45, 2.75) is 57.8 Å². The van der Waals surface area contributed by atoms with Gasteiger partial charge >= 0.3 is 5.97 Å². The van der Waals surface area contributed by atoms with Crippen LogP contribution in [0.5, 0.6) is 0 Å². The second-order valence-corrected chi connectivity index (χ2v) is 6.77. The monoisotopic (exact) mass is 372 g/mol. The molecule has 1 heterocycles. The third-order valence-corrected chi connectivity index (χ3v) is 4.39. The van der Waals surface area contributed by atoms with Crippen molar-refractivity contribution in [3.63, 3.8) is 0 Å². The van der Waals surface area contributed by atoms with Gasteiger partial charge in [-0.2, -0.15) is 0 Å². The van der Waals surface area contributed by atoms with Gasteiger partial charge in [0.2, 0.25) is 17.7 Å². The third kappa shape index (κ3) is 5.40. The highest BCUT2D eigenvalue weighted by atomic mass is 16.4. The average Bonchev–Trinajstić information content (AvgIpc) is 3.07. The smallest absolute Gasteiger partial charge is 0.325 e. The first-order valence-corrected chi connectivity index (χ1v) is 8.60. The molecule has 148 valence electrons. The molecule has 0 aromatic carbocycles. The lowest BCUT2D eigenvalue weighted by Gasteiger charge is -2.29. The maximum atomic E-state index is 12.7. The SMILES string of the molecule is CC(NC(=O)C1CCCN1C(=O)C(CO)NC(=O)C(N)C(C)C)C(=O)O. The summed E-state index contributed by atoms with van der Waals surface area (Å²) in [4.78, 5) is 49.1. The summed E-state index contributed by atoms with van der Waals surface area (Å²) in [6, 6.07) is -3.96. The van der Waals surface area contributed by atoms with Crippen molar-refractivity contribution in [1.82, 2.24) is 15.5 Å². The maximum Gasteiger partial charge on any atom is 0.325 e. The normalized spacial score (nSPS) is 20.4. The molecule has 0 aromatic rings. The number of amides is 3. The molecule has 4 unspecified atom stereocenters. The standard InChI is InChI=1S/C16H28N4O6/c1-8(2)12(17)14(23)19-10(7-21)15(24)20-6-4-5-11(20)13(22)18-9(3)16(25)26/h8-12,21H,4-7,17H2,1-3H3,(H,18,22)(H,19,23)(H,25,26). The summed E-state index contributed by atoms with van der Waals surface area (Å²) in [7, 11) is 0. The van der Waals surface area contributed by atoms with E-state index in [4.69, 9.17) is 10.8 Å². The highest BCUT2D eigenvalue weighted by Gasteiger charge is 2.38. The van der Waals surface area contributed by atoms with E-state index in [0.717, 1.165) is 0 Å². The fraction of sp³-hybridized carbons (Fsp3) is 0.750. The molecule has 26 heavy (non-hydrogen) atoms. The topological polar surface area (TPSA) is 162 Å². The number of nitrogens with zero attached hydrogens (tertiary/aromatic N) is 1. The van der Waals surface area contributed by atoms with Crippen molar-refractivity contribution in [1.29, 1.82) is 0 Å². The molecule has 0 spiro atoms. The number of carbonyl (C=O) groups is 4. The van der Waals surface area contributed by atoms with Crippen LogP contribution in [0.15, 0.2) is 0 Å². The first-order valence-electron chi connectivity index (χ1n) is 8.60. The van der Waals surface area contributed by atoms with E-state index in [1.54, 1.807) is 13.8 Å². The van der Waals surface area contributed by atoms with Crippen molar-refractivity contribution in [3.05, 3.63) is 0 Å². The number of aliphatic carboxylic acids is 1. The van der Waals surface area contributed by atoms with Crippen LogP contribution in [-0.2, 0) is 19.2 Å². The Balaban J connectivity index is 2.79. The van der Waals surface area contributed by atoms with Crippen LogP contribution in [0.25, 0.3) is 0 Å². The summed E-state index contributed by atoms with van der Waals surface area (Å²) in [6.07, 6.45) is 0.935. The molecule has 0 aliphatic carbocycles. The van der Waals surface area contributed by atoms with Gasteiger partial charge in [0.1, 0.15) is 18.1 Å². The molecular formula is C16H28N4O6. The minimum atomic E-state index is -1.21. The summed E-state index contributed by atoms with van der Waals surface area (Å²) in [6.45, 7) is 4.48. The number of rotatable bonds is 8. The zero-order valence-electron chi connectivity index (χ0n) is 15.3. The molecule has 1 aliphatic heterocycles. The predicted molar refractivity (Wildman–Crippen MR) is 91.8 cm³/mol. The number of hydrogen-bond acceptors (Lipinski definition) is 6. The fourth-order valence-corrected chi connectivity index (χ4v) is 2.63. The molecule has 10 heteroatoms. The van der Waals surface area contributed by atoms with E-state index in [9.17, 15) is 24.3 Å². The summed E-state index contributed by atoms with van der Waals surface area (Å²) >= 11 is 0. The van der Waals surface area contributed by atoms with Crippen molar-refractivity contribution in [2.24, 2.45) is 11.7 Å². The Bertz CT molecular complexity index is 553. The number of carbonyl (C=O) groups excluding carboxylic acids is 3. The van der Waals surface area contributed by atoms with Gasteiger partial charge in [-0.1, -0.05) is 13.8 Å². The van der Waals surface area contributed by atoms with Crippen LogP contribution in [-0.4, -0.2) is 76.1 Å². The Morgan fingerprint density at radius 3 is 2.31 bits per heavy atom. The summed E-state index contributed by atoms with van der Waals surface area (Å²) < 4.78 is 0. The van der Waals surface area contributed by atoms with Gasteiger partial charge in [-0.3, -0.25) is 19.2 Å². The van der Waals surface area contributed by atoms with Gasteiger partial charge in [-0.25, -0.2) is 0 Å². The van der Waals surface area contributed by atoms with Gasteiger partial charge in [-0.05, 0) is 25.7 Å². The van der Waals surface area contributed by atoms with E-state index >= 15 is 0 Å². The van der Waals surface area contributed by atoms with E-state index in [-0.39, 0.29) is 12.5 Å². The Labute approximate surface area is 152 Å². The van der Waals surface area contributed by atoms with Gasteiger partial charge < -0.3 is 31.5 Å². The number of aliphatic hydroxyl groups is 1. The number of carboxylic acids is 1. The van der Waals surface area contributed by atoms with Gasteiger partial charge in [0, 0.05) is 6.54 Å². The van der Waals surface area contributed by atoms with Crippen LogP contribution in [0.4, 0.5) is 0 Å². The highest BCUT2D eigenvalue weighted by Crippen LogP contribution is 2.19. The van der Waals surface area contributed by atoms with Crippen LogP contribution in [0, 0.1) is 5.92 Å². The number of nitrogens with one attached hydrogen (secondary N) is 2. The molecule has 4 atom stereocenters. The minimum absolute atomic E-state index is 0.146. The van der Waals surface area contributed by atoms with E-state index < -0.39 is 54.5 Å². The molecule has 3 amide bonds. The van der Waals surface area contributed by atoms with Crippen LogP contribution in [0.2, 0.25) is 0 Å². The number of carboxylic acid groups (broad SMARTS) is 1. The lowest BCUT2D eigenvalue weighted by atomic mass is 10.0. The molecule has 0 bridgehead atoms. The molecule has 0 radical (unpaired) electrons. The van der Waals surface area contributed by atoms with Crippen LogP contribution < -0.4 is 16.4 Å². The first-order chi connectivity index (χ1) is 12.1. The Hall–Kier alpha value is -2.20. The third-order valence-electron chi connectivity index (χ3n) is 4.39. The molecule has 6 N–H and O–H groups in total. The van der Waals surface area contributed by atoms with Crippen LogP contribution in [0.1, 0.15) is 33.6 Å². The lowest BCUT2D eigenvalue weighted by Crippen LogP contribution is -2.58. The summed E-state index contributed by atoms with van der Waals surface area (Å²) in [5, 5.41) is 23.1. The second-order valence-electron chi connectivity index (χ2n) is 6.77. The van der Waals surface area contributed by atoms with E-state index in [1.807, 2.05) is 0 Å². The number of hydrogen-bond donors (Lipinski definition) is 5. The molecule has 1 saturated heterocycles. The second kappa shape index (κ2) is 9.48. The molecule has 1 fully saturated rings. The molecule has 0 aromatic heterocycles. The summed E-state index contributed by atoms with van der Waals surface area (Å²) in [5.74, 6) is -3.07. The Kier molecular flexibility index (Phi) is 7.97. The minimum Gasteiger partial charge on any atom is -0.480 e. The van der Waals surface area contributed by atoms with E-state index in [0.29, 0.717) is 12.8 Å². The fourth-order valence-electron chi connectivity index (χ4n) is 2.63. The average molecular weight is 372 g/mol. The molecule has 1 rings (SSSR count). The largest absolute Gasteiger partial charge is 0.480 e. The quantitative estimate of drug-likeness (QED) is 0.330. The maximum absolute atomic E-state index is 12.7. The zero-order valence-corrected chi connectivity index (χ0v) is 15.3. The zero-order chi connectivity index (χ0) is 20.0. The van der Waals surface area contributed by atoms with Crippen LogP contribution in [0.3, 0.4) is 0 Å². The number of nitrogens with two attached hydrogens (primary N) is 1. The van der Waals surface area contributed by atoms with E-state index in [2.05, 4.69) is 10.6 Å². The molecule has 1 aliphatic rings. The predicted octanol–water partition coefficient (Wildman–Crippen LogP) is -1.97. The van der Waals surface area contributed by atoms with Crippen molar-refractivity contribution in [3.8, 4) is 0 Å². The molecule has 10 nitrogen and oxygen atoms in total. The summed E-state index contributed by atoms with van der Waals surface area (Å²) in [5.41, 5.74) is 5.74. The van der Waals surface area contributed by atoms with Crippen molar-refractivity contribution in [2.75, 3.05) is 13.2 Å². The lowest BCUT2D eigenvalue weighted by molar-refractivity contribution is -0.145. The Morgan fingerprint density at radius 2 is 1.81 bits per heavy atom. The molecular weight excluding hydrogens is 344 g/mol. The number of likely N-dealkylation sites (tertiary alicyclic amines) is 1. The van der Waals surface area contributed by atoms with Gasteiger partial charge in [0.15, 0.2) is 0 Å². The van der Waals surface area contributed by atoms with E-state index in [1.165, 1.54) is 11.8 Å². The van der Waals surface area contributed by atoms with Crippen LogP contribution >= 0.6 is 0 Å². The van der Waals surface area contributed by atoms with Gasteiger partial charge in [-0.15, -0.1) is 0 Å². The Morgan fingerprint density at radius 1 is 1.19 bits per heavy atom. The van der Waals surface area contributed by atoms with Gasteiger partial charge in [0.25, 0.3) is 0 Å².